The average molecular weight is 301 g/mol. The molecular formula is C11H11NO5S2. The van der Waals surface area contributed by atoms with Crippen molar-refractivity contribution in [3.8, 4) is 0 Å². The fraction of sp³-hybridized carbons (Fsp3) is 0.0909. The summed E-state index contributed by atoms with van der Waals surface area (Å²) in [5.74, 6) is 0. The van der Waals surface area contributed by atoms with Gasteiger partial charge in [-0.3, -0.25) is 4.55 Å². The first-order valence-corrected chi connectivity index (χ1v) is 8.43. The fourth-order valence-corrected chi connectivity index (χ4v) is 3.30. The van der Waals surface area contributed by atoms with Gasteiger partial charge in [-0.1, -0.05) is 12.1 Å². The van der Waals surface area contributed by atoms with Gasteiger partial charge in [-0.15, -0.1) is 0 Å². The molecule has 0 aromatic heterocycles. The van der Waals surface area contributed by atoms with Gasteiger partial charge >= 0.3 is 0 Å². The number of hydrogen-bond acceptors (Lipinski definition) is 5. The molecule has 0 bridgehead atoms. The zero-order valence-electron chi connectivity index (χ0n) is 9.86. The first kappa shape index (κ1) is 13.8. The molecule has 0 saturated carbocycles. The number of fused-ring (bicyclic) bond motifs is 1. The third-order valence-electron chi connectivity index (χ3n) is 2.66. The van der Waals surface area contributed by atoms with E-state index in [1.807, 2.05) is 0 Å². The van der Waals surface area contributed by atoms with Crippen LogP contribution in [-0.4, -0.2) is 27.6 Å². The maximum Gasteiger partial charge on any atom is 0.297 e. The van der Waals surface area contributed by atoms with Crippen LogP contribution in [-0.2, 0) is 20.0 Å². The van der Waals surface area contributed by atoms with Crippen molar-refractivity contribution >= 4 is 36.4 Å². The van der Waals surface area contributed by atoms with Gasteiger partial charge in [0.2, 0.25) is 0 Å². The van der Waals surface area contributed by atoms with Crippen molar-refractivity contribution in [2.24, 2.45) is 0 Å². The Balaban J connectivity index is 2.91. The third kappa shape index (κ3) is 2.55. The Bertz CT molecular complexity index is 869. The maximum atomic E-state index is 11.4. The summed E-state index contributed by atoms with van der Waals surface area (Å²) in [6.45, 7) is 0. The molecular weight excluding hydrogens is 290 g/mol. The Kier molecular flexibility index (Phi) is 3.04. The summed E-state index contributed by atoms with van der Waals surface area (Å²) >= 11 is 0. The van der Waals surface area contributed by atoms with Crippen LogP contribution in [0.1, 0.15) is 0 Å². The van der Waals surface area contributed by atoms with Crippen LogP contribution >= 0.6 is 0 Å². The minimum Gasteiger partial charge on any atom is -0.398 e. The molecule has 0 aliphatic carbocycles. The highest BCUT2D eigenvalue weighted by molar-refractivity contribution is 7.90. The topological polar surface area (TPSA) is 115 Å². The van der Waals surface area contributed by atoms with E-state index in [1.54, 1.807) is 0 Å². The molecule has 0 aliphatic heterocycles. The van der Waals surface area contributed by atoms with E-state index < -0.39 is 24.9 Å². The van der Waals surface area contributed by atoms with Crippen molar-refractivity contribution in [2.45, 2.75) is 9.79 Å². The number of nitrogens with two attached hydrogens (primary N) is 1. The highest BCUT2D eigenvalue weighted by Crippen LogP contribution is 2.30. The van der Waals surface area contributed by atoms with Gasteiger partial charge in [0.1, 0.15) is 4.90 Å². The van der Waals surface area contributed by atoms with Crippen LogP contribution in [0.2, 0.25) is 0 Å². The lowest BCUT2D eigenvalue weighted by atomic mass is 10.1. The van der Waals surface area contributed by atoms with Crippen LogP contribution in [0.3, 0.4) is 0 Å². The molecule has 2 rings (SSSR count). The van der Waals surface area contributed by atoms with Crippen molar-refractivity contribution in [3.05, 3.63) is 30.3 Å². The number of hydrogen-bond donors (Lipinski definition) is 2. The standard InChI is InChI=1S/C11H11NO5S2/c1-18(13,14)8-3-4-9-7(6-8)2-5-10(12)11(9)19(15,16)17/h2-6H,12H2,1H3,(H,15,16,17). The summed E-state index contributed by atoms with van der Waals surface area (Å²) < 4.78 is 54.7. The van der Waals surface area contributed by atoms with Crippen molar-refractivity contribution < 1.29 is 21.4 Å². The minimum absolute atomic E-state index is 0.0612. The monoisotopic (exact) mass is 301 g/mol. The van der Waals surface area contributed by atoms with Gasteiger partial charge in [-0.2, -0.15) is 8.42 Å². The largest absolute Gasteiger partial charge is 0.398 e. The summed E-state index contributed by atoms with van der Waals surface area (Å²) in [4.78, 5) is -0.351. The molecule has 3 N–H and O–H groups in total. The molecule has 6 nitrogen and oxygen atoms in total. The normalized spacial score (nSPS) is 12.7. The molecule has 0 fully saturated rings. The number of rotatable bonds is 2. The second kappa shape index (κ2) is 4.19. The highest BCUT2D eigenvalue weighted by Gasteiger charge is 2.19. The van der Waals surface area contributed by atoms with Crippen LogP contribution in [0.4, 0.5) is 5.69 Å². The van der Waals surface area contributed by atoms with Crippen molar-refractivity contribution in [3.63, 3.8) is 0 Å². The van der Waals surface area contributed by atoms with Crippen LogP contribution in [0.5, 0.6) is 0 Å². The Hall–Kier alpha value is -1.64. The Morgan fingerprint density at radius 1 is 1.05 bits per heavy atom. The average Bonchev–Trinajstić information content (AvgIpc) is 2.25. The zero-order valence-corrected chi connectivity index (χ0v) is 11.5. The van der Waals surface area contributed by atoms with E-state index in [-0.39, 0.29) is 16.0 Å². The molecule has 0 unspecified atom stereocenters. The number of nitrogen functional groups attached to an aromatic ring is 1. The smallest absolute Gasteiger partial charge is 0.297 e. The molecule has 0 spiro atoms. The molecule has 0 saturated heterocycles. The van der Waals surface area contributed by atoms with E-state index >= 15 is 0 Å². The molecule has 2 aromatic rings. The van der Waals surface area contributed by atoms with Crippen LogP contribution in [0.25, 0.3) is 10.8 Å². The molecule has 0 amide bonds. The Morgan fingerprint density at radius 3 is 2.21 bits per heavy atom. The van der Waals surface area contributed by atoms with Crippen LogP contribution in [0.15, 0.2) is 40.1 Å². The lowest BCUT2D eigenvalue weighted by molar-refractivity contribution is 0.484. The Morgan fingerprint density at radius 2 is 1.68 bits per heavy atom. The first-order valence-electron chi connectivity index (χ1n) is 5.10. The summed E-state index contributed by atoms with van der Waals surface area (Å²) in [6.07, 6.45) is 1.05. The maximum absolute atomic E-state index is 11.4. The molecule has 0 heterocycles. The van der Waals surface area contributed by atoms with Gasteiger partial charge in [0, 0.05) is 11.6 Å². The van der Waals surface area contributed by atoms with Crippen LogP contribution < -0.4 is 5.73 Å². The molecule has 0 radical (unpaired) electrons. The number of sulfone groups is 1. The SMILES string of the molecule is CS(=O)(=O)c1ccc2c(S(=O)(=O)O)c(N)ccc2c1. The fourth-order valence-electron chi connectivity index (χ4n) is 1.81. The molecule has 0 atom stereocenters. The van der Waals surface area contributed by atoms with Gasteiger partial charge in [0.15, 0.2) is 9.84 Å². The van der Waals surface area contributed by atoms with E-state index in [0.717, 1.165) is 6.26 Å². The summed E-state index contributed by atoms with van der Waals surface area (Å²) in [7, 11) is -7.88. The summed E-state index contributed by atoms with van der Waals surface area (Å²) in [5, 5.41) is 0.541. The lowest BCUT2D eigenvalue weighted by Crippen LogP contribution is -2.04. The predicted octanol–water partition coefficient (Wildman–Crippen LogP) is 1.07. The Labute approximate surface area is 110 Å². The number of anilines is 1. The summed E-state index contributed by atoms with van der Waals surface area (Å²) in [6, 6.07) is 6.71. The number of benzene rings is 2. The van der Waals surface area contributed by atoms with E-state index in [9.17, 15) is 21.4 Å². The second-order valence-corrected chi connectivity index (χ2v) is 7.49. The molecule has 0 aliphatic rings. The van der Waals surface area contributed by atoms with Gasteiger partial charge in [0.25, 0.3) is 10.1 Å². The van der Waals surface area contributed by atoms with E-state index in [0.29, 0.717) is 5.39 Å². The van der Waals surface area contributed by atoms with Gasteiger partial charge in [-0.25, -0.2) is 8.42 Å². The van der Waals surface area contributed by atoms with Crippen LogP contribution in [0, 0.1) is 0 Å². The van der Waals surface area contributed by atoms with Gasteiger partial charge < -0.3 is 5.73 Å². The van der Waals surface area contributed by atoms with Gasteiger partial charge in [0.05, 0.1) is 10.6 Å². The molecule has 19 heavy (non-hydrogen) atoms. The van der Waals surface area contributed by atoms with Crippen molar-refractivity contribution in [1.82, 2.24) is 0 Å². The van der Waals surface area contributed by atoms with E-state index in [2.05, 4.69) is 0 Å². The van der Waals surface area contributed by atoms with E-state index in [1.165, 1.54) is 30.3 Å². The molecule has 8 heteroatoms. The summed E-state index contributed by atoms with van der Waals surface area (Å²) in [5.41, 5.74) is 5.44. The minimum atomic E-state index is -4.48. The molecule has 102 valence electrons. The predicted molar refractivity (Wildman–Crippen MR) is 71.3 cm³/mol. The van der Waals surface area contributed by atoms with Crippen molar-refractivity contribution in [1.29, 1.82) is 0 Å². The zero-order chi connectivity index (χ0) is 14.4. The van der Waals surface area contributed by atoms with E-state index in [4.69, 9.17) is 5.73 Å². The quantitative estimate of drug-likeness (QED) is 0.633. The molecule has 2 aromatic carbocycles. The van der Waals surface area contributed by atoms with Crippen molar-refractivity contribution in [2.75, 3.05) is 12.0 Å². The lowest BCUT2D eigenvalue weighted by Gasteiger charge is -2.08. The first-order chi connectivity index (χ1) is 8.60. The third-order valence-corrected chi connectivity index (χ3v) is 4.74. The second-order valence-electron chi connectivity index (χ2n) is 4.11. The highest BCUT2D eigenvalue weighted by atomic mass is 32.2. The van der Waals surface area contributed by atoms with Gasteiger partial charge in [-0.05, 0) is 23.6 Å².